The van der Waals surface area contributed by atoms with Gasteiger partial charge in [0.15, 0.2) is 11.0 Å². The van der Waals surface area contributed by atoms with Crippen molar-refractivity contribution in [2.45, 2.75) is 17.8 Å². The Morgan fingerprint density at radius 1 is 0.941 bits per heavy atom. The van der Waals surface area contributed by atoms with E-state index in [0.29, 0.717) is 40.8 Å². The highest BCUT2D eigenvalue weighted by molar-refractivity contribution is 7.98. The van der Waals surface area contributed by atoms with Crippen LogP contribution in [0, 0.1) is 5.82 Å². The van der Waals surface area contributed by atoms with Crippen molar-refractivity contribution in [3.8, 4) is 34.2 Å². The molecular formula is C25H20FN5O2S. The number of para-hydroxylation sites is 1. The lowest BCUT2D eigenvalue weighted by atomic mass is 10.2. The Bertz CT molecular complexity index is 1390. The second-order valence-electron chi connectivity index (χ2n) is 7.21. The first kappa shape index (κ1) is 21.8. The van der Waals surface area contributed by atoms with Crippen LogP contribution in [0.25, 0.3) is 28.5 Å². The maximum Gasteiger partial charge on any atom is 0.237 e. The number of thioether (sulfide) groups is 1. The minimum atomic E-state index is -0.307. The first-order valence-electron chi connectivity index (χ1n) is 10.7. The van der Waals surface area contributed by atoms with Gasteiger partial charge >= 0.3 is 0 Å². The highest BCUT2D eigenvalue weighted by Crippen LogP contribution is 2.31. The van der Waals surface area contributed by atoms with E-state index < -0.39 is 0 Å². The third-order valence-corrected chi connectivity index (χ3v) is 5.88. The van der Waals surface area contributed by atoms with E-state index in [9.17, 15) is 4.39 Å². The van der Waals surface area contributed by atoms with Crippen molar-refractivity contribution in [2.24, 2.45) is 0 Å². The van der Waals surface area contributed by atoms with Crippen molar-refractivity contribution in [3.05, 3.63) is 90.6 Å². The van der Waals surface area contributed by atoms with Crippen molar-refractivity contribution >= 4 is 11.8 Å². The summed E-state index contributed by atoms with van der Waals surface area (Å²) in [7, 11) is 0. The van der Waals surface area contributed by atoms with Crippen LogP contribution in [0.1, 0.15) is 12.8 Å². The van der Waals surface area contributed by atoms with Crippen molar-refractivity contribution in [1.82, 2.24) is 24.9 Å². The van der Waals surface area contributed by atoms with Gasteiger partial charge in [0, 0.05) is 11.3 Å². The van der Waals surface area contributed by atoms with Gasteiger partial charge in [-0.3, -0.25) is 4.57 Å². The van der Waals surface area contributed by atoms with Crippen LogP contribution >= 0.6 is 11.8 Å². The minimum Gasteiger partial charge on any atom is -0.493 e. The summed E-state index contributed by atoms with van der Waals surface area (Å²) in [5.74, 6) is 2.35. The number of hydrogen-bond donors (Lipinski definition) is 0. The van der Waals surface area contributed by atoms with Crippen LogP contribution in [0.3, 0.4) is 0 Å². The Balaban J connectivity index is 1.43. The molecule has 5 aromatic rings. The Kier molecular flexibility index (Phi) is 6.35. The second kappa shape index (κ2) is 9.88. The van der Waals surface area contributed by atoms with Gasteiger partial charge in [-0.25, -0.2) is 4.39 Å². The molecule has 0 radical (unpaired) electrons. The van der Waals surface area contributed by atoms with Crippen LogP contribution < -0.4 is 4.74 Å². The second-order valence-corrected chi connectivity index (χ2v) is 8.16. The lowest BCUT2D eigenvalue weighted by Gasteiger charge is -2.10. The molecule has 0 aliphatic rings. The van der Waals surface area contributed by atoms with E-state index in [1.54, 1.807) is 12.1 Å². The minimum absolute atomic E-state index is 0.307. The van der Waals surface area contributed by atoms with Crippen LogP contribution in [0.4, 0.5) is 4.39 Å². The van der Waals surface area contributed by atoms with E-state index in [2.05, 4.69) is 20.3 Å². The van der Waals surface area contributed by atoms with Gasteiger partial charge in [-0.05, 0) is 43.3 Å². The summed E-state index contributed by atoms with van der Waals surface area (Å²) in [4.78, 5) is 4.53. The third kappa shape index (κ3) is 4.55. The van der Waals surface area contributed by atoms with Crippen molar-refractivity contribution in [2.75, 3.05) is 6.61 Å². The molecule has 170 valence electrons. The molecule has 34 heavy (non-hydrogen) atoms. The molecule has 0 bridgehead atoms. The van der Waals surface area contributed by atoms with Crippen LogP contribution in [-0.4, -0.2) is 31.5 Å². The van der Waals surface area contributed by atoms with Gasteiger partial charge in [0.1, 0.15) is 11.6 Å². The molecule has 2 aromatic heterocycles. The molecule has 0 atom stereocenters. The molecule has 2 heterocycles. The number of hydrogen-bond acceptors (Lipinski definition) is 7. The van der Waals surface area contributed by atoms with Crippen LogP contribution in [0.2, 0.25) is 0 Å². The van der Waals surface area contributed by atoms with Gasteiger partial charge in [-0.1, -0.05) is 59.4 Å². The van der Waals surface area contributed by atoms with Gasteiger partial charge < -0.3 is 9.26 Å². The average molecular weight is 474 g/mol. The number of ether oxygens (including phenoxy) is 1. The van der Waals surface area contributed by atoms with E-state index in [1.165, 1.54) is 23.9 Å². The maximum atomic E-state index is 13.6. The summed E-state index contributed by atoms with van der Waals surface area (Å²) >= 11 is 1.41. The van der Waals surface area contributed by atoms with Crippen LogP contribution in [0.15, 0.2) is 88.5 Å². The predicted octanol–water partition coefficient (Wildman–Crippen LogP) is 5.81. The number of aromatic nitrogens is 5. The van der Waals surface area contributed by atoms with Crippen LogP contribution in [-0.2, 0) is 5.75 Å². The van der Waals surface area contributed by atoms with Crippen molar-refractivity contribution in [3.63, 3.8) is 0 Å². The van der Waals surface area contributed by atoms with E-state index in [0.717, 1.165) is 16.8 Å². The van der Waals surface area contributed by atoms with Gasteiger partial charge in [0.2, 0.25) is 11.7 Å². The number of rotatable bonds is 8. The first-order chi connectivity index (χ1) is 16.7. The summed E-state index contributed by atoms with van der Waals surface area (Å²) in [6.07, 6.45) is 0. The molecule has 0 aliphatic heterocycles. The normalized spacial score (nSPS) is 11.0. The van der Waals surface area contributed by atoms with Gasteiger partial charge in [0.05, 0.1) is 17.9 Å². The molecule has 7 nitrogen and oxygen atoms in total. The topological polar surface area (TPSA) is 78.9 Å². The maximum absolute atomic E-state index is 13.6. The molecule has 5 rings (SSSR count). The molecule has 0 spiro atoms. The lowest BCUT2D eigenvalue weighted by Crippen LogP contribution is -2.00. The summed E-state index contributed by atoms with van der Waals surface area (Å²) in [5.41, 5.74) is 2.42. The summed E-state index contributed by atoms with van der Waals surface area (Å²) < 4.78 is 26.6. The molecule has 0 saturated carbocycles. The fraction of sp³-hybridized carbons (Fsp3) is 0.120. The number of benzene rings is 3. The molecule has 9 heteroatoms. The molecule has 0 amide bonds. The monoisotopic (exact) mass is 473 g/mol. The Morgan fingerprint density at radius 3 is 2.50 bits per heavy atom. The summed E-state index contributed by atoms with van der Waals surface area (Å²) in [5, 5.41) is 13.5. The zero-order valence-electron chi connectivity index (χ0n) is 18.3. The van der Waals surface area contributed by atoms with E-state index >= 15 is 0 Å². The molecular weight excluding hydrogens is 453 g/mol. The third-order valence-electron chi connectivity index (χ3n) is 4.97. The SMILES string of the molecule is CCOc1ccccc1-c1noc(CSc2nnc(-c3ccccc3)n2-c2ccc(F)cc2)n1. The van der Waals surface area contributed by atoms with Crippen molar-refractivity contribution < 1.29 is 13.7 Å². The first-order valence-corrected chi connectivity index (χ1v) is 11.7. The smallest absolute Gasteiger partial charge is 0.237 e. The zero-order chi connectivity index (χ0) is 23.3. The Labute approximate surface area is 199 Å². The van der Waals surface area contributed by atoms with E-state index in [-0.39, 0.29) is 5.82 Å². The molecule has 0 unspecified atom stereocenters. The zero-order valence-corrected chi connectivity index (χ0v) is 19.1. The van der Waals surface area contributed by atoms with Gasteiger partial charge in [0.25, 0.3) is 0 Å². The standard InChI is InChI=1S/C25H20FN5O2S/c1-2-32-21-11-7-6-10-20(21)23-27-22(33-30-23)16-34-25-29-28-24(17-8-4-3-5-9-17)31(25)19-14-12-18(26)13-15-19/h3-15H,2,16H2,1H3. The van der Waals surface area contributed by atoms with E-state index in [1.807, 2.05) is 66.1 Å². The highest BCUT2D eigenvalue weighted by atomic mass is 32.2. The fourth-order valence-electron chi connectivity index (χ4n) is 3.44. The van der Waals surface area contributed by atoms with Crippen molar-refractivity contribution in [1.29, 1.82) is 0 Å². The summed E-state index contributed by atoms with van der Waals surface area (Å²) in [6, 6.07) is 23.5. The molecule has 3 aromatic carbocycles. The number of halogens is 1. The molecule has 0 aliphatic carbocycles. The Morgan fingerprint density at radius 2 is 1.71 bits per heavy atom. The van der Waals surface area contributed by atoms with Crippen LogP contribution in [0.5, 0.6) is 5.75 Å². The number of nitrogens with zero attached hydrogens (tertiary/aromatic N) is 5. The highest BCUT2D eigenvalue weighted by Gasteiger charge is 2.18. The molecule has 0 N–H and O–H groups in total. The lowest BCUT2D eigenvalue weighted by molar-refractivity contribution is 0.341. The van der Waals surface area contributed by atoms with Gasteiger partial charge in [-0.2, -0.15) is 4.98 Å². The Hall–Kier alpha value is -3.98. The predicted molar refractivity (Wildman–Crippen MR) is 127 cm³/mol. The summed E-state index contributed by atoms with van der Waals surface area (Å²) in [6.45, 7) is 2.47. The fourth-order valence-corrected chi connectivity index (χ4v) is 4.23. The largest absolute Gasteiger partial charge is 0.493 e. The quantitative estimate of drug-likeness (QED) is 0.263. The average Bonchev–Trinajstić information content (AvgIpc) is 3.52. The molecule has 0 fully saturated rings. The van der Waals surface area contributed by atoms with Gasteiger partial charge in [-0.15, -0.1) is 10.2 Å². The molecule has 0 saturated heterocycles. The van der Waals surface area contributed by atoms with E-state index in [4.69, 9.17) is 9.26 Å².